The number of rotatable bonds is 6. The lowest BCUT2D eigenvalue weighted by Crippen LogP contribution is -2.21. The van der Waals surface area contributed by atoms with Gasteiger partial charge in [-0.15, -0.1) is 0 Å². The summed E-state index contributed by atoms with van der Waals surface area (Å²) in [5.41, 5.74) is 8.72. The van der Waals surface area contributed by atoms with E-state index in [1.807, 2.05) is 26.8 Å². The molecule has 0 bridgehead atoms. The van der Waals surface area contributed by atoms with E-state index in [0.29, 0.717) is 19.6 Å². The van der Waals surface area contributed by atoms with Gasteiger partial charge in [-0.2, -0.15) is 0 Å². The van der Waals surface area contributed by atoms with Crippen LogP contribution in [0.3, 0.4) is 0 Å². The minimum atomic E-state index is 0.0432. The molecule has 3 N–H and O–H groups in total. The Labute approximate surface area is 114 Å². The highest BCUT2D eigenvalue weighted by molar-refractivity contribution is 6.32. The number of aryl methyl sites for hydroxylation is 1. The van der Waals surface area contributed by atoms with Gasteiger partial charge in [0, 0.05) is 11.6 Å². The Morgan fingerprint density at radius 2 is 2.11 bits per heavy atom. The zero-order valence-electron chi connectivity index (χ0n) is 11.3. The zero-order chi connectivity index (χ0) is 13.7. The van der Waals surface area contributed by atoms with Crippen molar-refractivity contribution < 1.29 is 9.84 Å². The fourth-order valence-electron chi connectivity index (χ4n) is 2.01. The maximum absolute atomic E-state index is 9.27. The molecule has 0 saturated carbocycles. The van der Waals surface area contributed by atoms with Crippen molar-refractivity contribution in [2.75, 3.05) is 19.8 Å². The second kappa shape index (κ2) is 6.98. The highest BCUT2D eigenvalue weighted by Gasteiger charge is 2.16. The molecule has 1 rings (SSSR count). The third-order valence-electron chi connectivity index (χ3n) is 3.16. The van der Waals surface area contributed by atoms with Gasteiger partial charge in [-0.05, 0) is 62.4 Å². The fourth-order valence-corrected chi connectivity index (χ4v) is 2.18. The van der Waals surface area contributed by atoms with Gasteiger partial charge < -0.3 is 15.6 Å². The van der Waals surface area contributed by atoms with E-state index >= 15 is 0 Å². The highest BCUT2D eigenvalue weighted by atomic mass is 35.5. The monoisotopic (exact) mass is 271 g/mol. The van der Waals surface area contributed by atoms with Crippen molar-refractivity contribution in [2.24, 2.45) is 11.7 Å². The van der Waals surface area contributed by atoms with E-state index in [1.165, 1.54) is 0 Å². The first kappa shape index (κ1) is 15.3. The Morgan fingerprint density at radius 1 is 1.44 bits per heavy atom. The maximum Gasteiger partial charge on any atom is 0.123 e. The number of hydrogen-bond donors (Lipinski definition) is 2. The van der Waals surface area contributed by atoms with Crippen LogP contribution in [0.2, 0.25) is 5.02 Å². The topological polar surface area (TPSA) is 55.5 Å². The summed E-state index contributed by atoms with van der Waals surface area (Å²) in [4.78, 5) is 0. The van der Waals surface area contributed by atoms with E-state index in [-0.39, 0.29) is 12.5 Å². The summed E-state index contributed by atoms with van der Waals surface area (Å²) in [6.07, 6.45) is 0.689. The number of aliphatic hydroxyl groups excluding tert-OH is 1. The van der Waals surface area contributed by atoms with Crippen LogP contribution in [0.5, 0.6) is 5.75 Å². The van der Waals surface area contributed by atoms with Crippen molar-refractivity contribution in [1.29, 1.82) is 0 Å². The number of benzene rings is 1. The van der Waals surface area contributed by atoms with Crippen molar-refractivity contribution in [3.63, 3.8) is 0 Å². The maximum atomic E-state index is 9.27. The molecule has 1 aromatic carbocycles. The van der Waals surface area contributed by atoms with Crippen LogP contribution < -0.4 is 10.5 Å². The third-order valence-corrected chi connectivity index (χ3v) is 3.74. The van der Waals surface area contributed by atoms with Crippen LogP contribution in [-0.2, 0) is 6.42 Å². The number of hydrogen-bond acceptors (Lipinski definition) is 3. The van der Waals surface area contributed by atoms with E-state index in [9.17, 15) is 5.11 Å². The predicted molar refractivity (Wildman–Crippen MR) is 75.4 cm³/mol. The second-order valence-electron chi connectivity index (χ2n) is 4.53. The Balaban J connectivity index is 3.17. The van der Waals surface area contributed by atoms with Gasteiger partial charge >= 0.3 is 0 Å². The Hall–Kier alpha value is -0.770. The Kier molecular flexibility index (Phi) is 5.93. The summed E-state index contributed by atoms with van der Waals surface area (Å²) in [5, 5.41) is 10.0. The zero-order valence-corrected chi connectivity index (χ0v) is 12.0. The van der Waals surface area contributed by atoms with Crippen LogP contribution in [0, 0.1) is 19.8 Å². The average Bonchev–Trinajstić information content (AvgIpc) is 2.36. The van der Waals surface area contributed by atoms with Crippen molar-refractivity contribution in [3.05, 3.63) is 27.8 Å². The molecule has 0 saturated heterocycles. The van der Waals surface area contributed by atoms with Gasteiger partial charge in [-0.1, -0.05) is 11.6 Å². The predicted octanol–water partition coefficient (Wildman–Crippen LogP) is 2.47. The molecular formula is C14H22ClNO2. The molecule has 1 aromatic rings. The molecule has 1 unspecified atom stereocenters. The molecule has 1 atom stereocenters. The second-order valence-corrected chi connectivity index (χ2v) is 4.91. The Morgan fingerprint density at radius 3 is 2.61 bits per heavy atom. The standard InChI is InChI=1S/C14H22ClNO2/c1-4-18-13-5-9(2)14(15)10(3)12(13)6-11(7-16)8-17/h5,11,17H,4,6-8,16H2,1-3H3. The van der Waals surface area contributed by atoms with Crippen molar-refractivity contribution in [3.8, 4) is 5.75 Å². The van der Waals surface area contributed by atoms with E-state index in [1.54, 1.807) is 0 Å². The summed E-state index contributed by atoms with van der Waals surface area (Å²) in [7, 11) is 0. The molecule has 0 aliphatic heterocycles. The van der Waals surface area contributed by atoms with Crippen LogP contribution >= 0.6 is 11.6 Å². The average molecular weight is 272 g/mol. The van der Waals surface area contributed by atoms with Crippen molar-refractivity contribution in [2.45, 2.75) is 27.2 Å². The van der Waals surface area contributed by atoms with Crippen molar-refractivity contribution in [1.82, 2.24) is 0 Å². The largest absolute Gasteiger partial charge is 0.494 e. The first-order valence-corrected chi connectivity index (χ1v) is 6.65. The van der Waals surface area contributed by atoms with E-state index in [4.69, 9.17) is 22.1 Å². The SMILES string of the molecule is CCOc1cc(C)c(Cl)c(C)c1CC(CN)CO. The van der Waals surface area contributed by atoms with Crippen LogP contribution in [0.1, 0.15) is 23.6 Å². The molecule has 18 heavy (non-hydrogen) atoms. The third kappa shape index (κ3) is 3.37. The molecule has 0 heterocycles. The molecule has 0 radical (unpaired) electrons. The summed E-state index contributed by atoms with van der Waals surface area (Å²) in [6, 6.07) is 1.96. The lowest BCUT2D eigenvalue weighted by atomic mass is 9.94. The molecule has 102 valence electrons. The summed E-state index contributed by atoms with van der Waals surface area (Å²) in [5.74, 6) is 0.894. The molecule has 3 nitrogen and oxygen atoms in total. The number of nitrogens with two attached hydrogens (primary N) is 1. The Bertz CT molecular complexity index is 403. The molecule has 0 aliphatic rings. The summed E-state index contributed by atoms with van der Waals surface area (Å²) >= 11 is 6.28. The normalized spacial score (nSPS) is 12.6. The number of aliphatic hydroxyl groups is 1. The van der Waals surface area contributed by atoms with E-state index < -0.39 is 0 Å². The first-order valence-electron chi connectivity index (χ1n) is 6.27. The summed E-state index contributed by atoms with van der Waals surface area (Å²) in [6.45, 7) is 7.04. The molecule has 0 amide bonds. The van der Waals surface area contributed by atoms with Gasteiger partial charge in [0.05, 0.1) is 6.61 Å². The highest BCUT2D eigenvalue weighted by Crippen LogP contribution is 2.33. The molecular weight excluding hydrogens is 250 g/mol. The first-order chi connectivity index (χ1) is 8.54. The molecule has 0 aromatic heterocycles. The summed E-state index contributed by atoms with van der Waals surface area (Å²) < 4.78 is 5.66. The minimum Gasteiger partial charge on any atom is -0.494 e. The lowest BCUT2D eigenvalue weighted by Gasteiger charge is -2.19. The van der Waals surface area contributed by atoms with Crippen LogP contribution in [0.4, 0.5) is 0 Å². The van der Waals surface area contributed by atoms with Crippen LogP contribution in [0.15, 0.2) is 6.07 Å². The molecule has 0 spiro atoms. The van der Waals surface area contributed by atoms with Gasteiger partial charge in [0.15, 0.2) is 0 Å². The fraction of sp³-hybridized carbons (Fsp3) is 0.571. The quantitative estimate of drug-likeness (QED) is 0.836. The van der Waals surface area contributed by atoms with Gasteiger partial charge in [0.2, 0.25) is 0 Å². The molecule has 0 aliphatic carbocycles. The number of halogens is 1. The van der Waals surface area contributed by atoms with E-state index in [2.05, 4.69) is 0 Å². The van der Waals surface area contributed by atoms with Gasteiger partial charge in [0.25, 0.3) is 0 Å². The molecule has 0 fully saturated rings. The van der Waals surface area contributed by atoms with Gasteiger partial charge in [-0.3, -0.25) is 0 Å². The van der Waals surface area contributed by atoms with Crippen LogP contribution in [-0.4, -0.2) is 24.9 Å². The number of ether oxygens (including phenoxy) is 1. The molecule has 4 heteroatoms. The van der Waals surface area contributed by atoms with Gasteiger partial charge in [-0.25, -0.2) is 0 Å². The van der Waals surface area contributed by atoms with E-state index in [0.717, 1.165) is 27.5 Å². The van der Waals surface area contributed by atoms with Crippen LogP contribution in [0.25, 0.3) is 0 Å². The van der Waals surface area contributed by atoms with Gasteiger partial charge in [0.1, 0.15) is 5.75 Å². The van der Waals surface area contributed by atoms with Crippen molar-refractivity contribution >= 4 is 11.6 Å². The lowest BCUT2D eigenvalue weighted by molar-refractivity contribution is 0.228. The minimum absolute atomic E-state index is 0.0432. The smallest absolute Gasteiger partial charge is 0.123 e.